The molecule has 0 radical (unpaired) electrons. The summed E-state index contributed by atoms with van der Waals surface area (Å²) in [5, 5.41) is 0.490. The van der Waals surface area contributed by atoms with Crippen LogP contribution in [0.2, 0.25) is 25.7 Å². The minimum absolute atomic E-state index is 0.169. The van der Waals surface area contributed by atoms with Crippen LogP contribution in [0.4, 0.5) is 19.1 Å². The number of hydrogen-bond donors (Lipinski definition) is 0. The zero-order valence-electron chi connectivity index (χ0n) is 22.6. The number of aromatic nitrogens is 3. The van der Waals surface area contributed by atoms with Crippen LogP contribution in [0.15, 0.2) is 70.2 Å². The summed E-state index contributed by atoms with van der Waals surface area (Å²) in [7, 11) is 0.123. The Balaban J connectivity index is 1.84. The highest BCUT2D eigenvalue weighted by Gasteiger charge is 2.32. The molecule has 2 aromatic carbocycles. The number of nitrogens with zero attached hydrogens (tertiary/aromatic N) is 4. The molecule has 2 heterocycles. The lowest BCUT2D eigenvalue weighted by Gasteiger charge is -2.25. The predicted octanol–water partition coefficient (Wildman–Crippen LogP) is 6.90. The van der Waals surface area contributed by atoms with E-state index in [2.05, 4.69) is 45.5 Å². The number of halogens is 4. The van der Waals surface area contributed by atoms with E-state index >= 15 is 0 Å². The Hall–Kier alpha value is -3.22. The van der Waals surface area contributed by atoms with E-state index in [-0.39, 0.29) is 29.3 Å². The van der Waals surface area contributed by atoms with Crippen LogP contribution < -0.4 is 15.2 Å². The average molecular weight is 636 g/mol. The Morgan fingerprint density at radius 1 is 1.05 bits per heavy atom. The highest BCUT2D eigenvalue weighted by molar-refractivity contribution is 9.10. The molecule has 2 aromatic heterocycles. The first kappa shape index (κ1) is 29.8. The van der Waals surface area contributed by atoms with Crippen LogP contribution in [0.25, 0.3) is 27.7 Å². The van der Waals surface area contributed by atoms with Crippen LogP contribution >= 0.6 is 15.9 Å². The topological polar surface area (TPSA) is 69.5 Å². The third kappa shape index (κ3) is 7.49. The fraction of sp³-hybridized carbons (Fsp3) is 0.321. The SMILES string of the molecule is COc1ccc(-n2cc3cnc(N(COCC[Si](C)(C)C)CC(F)(F)F)nc3c(-c3ccc(Br)cc3)c2=O)cc1. The monoisotopic (exact) mass is 634 g/mol. The summed E-state index contributed by atoms with van der Waals surface area (Å²) < 4.78 is 53.7. The second-order valence-electron chi connectivity index (χ2n) is 10.5. The molecule has 0 aliphatic heterocycles. The van der Waals surface area contributed by atoms with Crippen LogP contribution in [0.3, 0.4) is 0 Å². The predicted molar refractivity (Wildman–Crippen MR) is 157 cm³/mol. The summed E-state index contributed by atoms with van der Waals surface area (Å²) in [6.45, 7) is 5.22. The van der Waals surface area contributed by atoms with Gasteiger partial charge in [0, 0.05) is 42.6 Å². The van der Waals surface area contributed by atoms with Gasteiger partial charge in [0.15, 0.2) is 0 Å². The Bertz CT molecular complexity index is 1520. The van der Waals surface area contributed by atoms with Gasteiger partial charge in [-0.05, 0) is 48.0 Å². The summed E-state index contributed by atoms with van der Waals surface area (Å²) in [5.41, 5.74) is 1.27. The smallest absolute Gasteiger partial charge is 0.406 e. The number of fused-ring (bicyclic) bond motifs is 1. The van der Waals surface area contributed by atoms with Crippen molar-refractivity contribution in [2.75, 3.05) is 31.9 Å². The zero-order valence-corrected chi connectivity index (χ0v) is 25.2. The number of rotatable bonds is 10. The number of alkyl halides is 3. The van der Waals surface area contributed by atoms with Crippen LogP contribution in [-0.4, -0.2) is 55.8 Å². The van der Waals surface area contributed by atoms with Gasteiger partial charge < -0.3 is 14.4 Å². The van der Waals surface area contributed by atoms with E-state index in [9.17, 15) is 18.0 Å². The molecule has 0 atom stereocenters. The standard InChI is InChI=1S/C28H30BrF3N4O3Si/c1-38-23-11-9-22(10-12-23)36-16-20-15-33-27(35(17-28(30,31)32)18-39-13-14-40(2,3)4)34-25(20)24(26(36)37)19-5-7-21(29)8-6-19/h5-12,15-16H,13-14,17-18H2,1-4H3. The molecule has 212 valence electrons. The maximum absolute atomic E-state index is 13.9. The van der Waals surface area contributed by atoms with Crippen molar-refractivity contribution in [3.63, 3.8) is 0 Å². The number of pyridine rings is 1. The summed E-state index contributed by atoms with van der Waals surface area (Å²) in [4.78, 5) is 23.6. The van der Waals surface area contributed by atoms with E-state index in [1.165, 1.54) is 10.8 Å². The zero-order chi connectivity index (χ0) is 29.1. The van der Waals surface area contributed by atoms with Gasteiger partial charge in [0.05, 0.1) is 18.2 Å². The van der Waals surface area contributed by atoms with Gasteiger partial charge in [0.1, 0.15) is 19.0 Å². The fourth-order valence-corrected chi connectivity index (χ4v) is 5.02. The minimum Gasteiger partial charge on any atom is -0.497 e. The van der Waals surface area contributed by atoms with Gasteiger partial charge in [-0.2, -0.15) is 13.2 Å². The van der Waals surface area contributed by atoms with Crippen molar-refractivity contribution < 1.29 is 22.6 Å². The van der Waals surface area contributed by atoms with Crippen LogP contribution in [0.5, 0.6) is 5.75 Å². The van der Waals surface area contributed by atoms with Gasteiger partial charge in [-0.1, -0.05) is 47.7 Å². The molecule has 4 aromatic rings. The first-order valence-corrected chi connectivity index (χ1v) is 17.1. The molecule has 40 heavy (non-hydrogen) atoms. The van der Waals surface area contributed by atoms with Gasteiger partial charge in [-0.25, -0.2) is 9.97 Å². The molecule has 0 spiro atoms. The minimum atomic E-state index is -4.51. The molecule has 0 saturated carbocycles. The number of benzene rings is 2. The largest absolute Gasteiger partial charge is 0.497 e. The lowest BCUT2D eigenvalue weighted by Crippen LogP contribution is -2.37. The first-order valence-electron chi connectivity index (χ1n) is 12.6. The van der Waals surface area contributed by atoms with Gasteiger partial charge >= 0.3 is 6.18 Å². The van der Waals surface area contributed by atoms with Gasteiger partial charge in [-0.3, -0.25) is 9.36 Å². The molecule has 0 fully saturated rings. The molecular weight excluding hydrogens is 605 g/mol. The fourth-order valence-electron chi connectivity index (χ4n) is 4.00. The van der Waals surface area contributed by atoms with E-state index in [0.717, 1.165) is 15.4 Å². The Morgan fingerprint density at radius 3 is 2.33 bits per heavy atom. The van der Waals surface area contributed by atoms with E-state index in [0.29, 0.717) is 29.0 Å². The Morgan fingerprint density at radius 2 is 1.73 bits per heavy atom. The molecule has 0 unspecified atom stereocenters. The molecule has 7 nitrogen and oxygen atoms in total. The number of ether oxygens (including phenoxy) is 2. The second-order valence-corrected chi connectivity index (χ2v) is 17.1. The van der Waals surface area contributed by atoms with Crippen LogP contribution in [-0.2, 0) is 4.74 Å². The Kier molecular flexibility index (Phi) is 9.01. The molecule has 0 amide bonds. The maximum Gasteiger partial charge on any atom is 0.406 e. The van der Waals surface area contributed by atoms with E-state index in [4.69, 9.17) is 9.47 Å². The number of anilines is 1. The van der Waals surface area contributed by atoms with Gasteiger partial charge in [0.2, 0.25) is 5.95 Å². The normalized spacial score (nSPS) is 12.1. The molecular formula is C28H30BrF3N4O3Si. The average Bonchev–Trinajstić information content (AvgIpc) is 2.89. The lowest BCUT2D eigenvalue weighted by atomic mass is 10.0. The van der Waals surface area contributed by atoms with E-state index in [1.807, 2.05) is 0 Å². The maximum atomic E-state index is 13.9. The van der Waals surface area contributed by atoms with Crippen molar-refractivity contribution in [3.05, 3.63) is 75.8 Å². The number of methoxy groups -OCH3 is 1. The quantitative estimate of drug-likeness (QED) is 0.107. The Labute approximate surface area is 239 Å². The molecule has 0 N–H and O–H groups in total. The third-order valence-electron chi connectivity index (χ3n) is 6.12. The van der Waals surface area contributed by atoms with E-state index < -0.39 is 20.8 Å². The van der Waals surface area contributed by atoms with Crippen LogP contribution in [0, 0.1) is 0 Å². The van der Waals surface area contributed by atoms with Gasteiger partial charge in [0.25, 0.3) is 5.56 Å². The molecule has 12 heteroatoms. The highest BCUT2D eigenvalue weighted by atomic mass is 79.9. The third-order valence-corrected chi connectivity index (χ3v) is 8.35. The second kappa shape index (κ2) is 12.1. The summed E-state index contributed by atoms with van der Waals surface area (Å²) >= 11 is 3.41. The number of hydrogen-bond acceptors (Lipinski definition) is 6. The highest BCUT2D eigenvalue weighted by Crippen LogP contribution is 2.29. The van der Waals surface area contributed by atoms with Crippen molar-refractivity contribution in [1.29, 1.82) is 0 Å². The van der Waals surface area contributed by atoms with Crippen molar-refractivity contribution in [2.24, 2.45) is 0 Å². The summed E-state index contributed by atoms with van der Waals surface area (Å²) in [6, 6.07) is 14.9. The summed E-state index contributed by atoms with van der Waals surface area (Å²) in [6.07, 6.45) is -1.48. The molecule has 0 aliphatic rings. The molecule has 4 rings (SSSR count). The van der Waals surface area contributed by atoms with Crippen molar-refractivity contribution in [3.8, 4) is 22.6 Å². The molecule has 0 bridgehead atoms. The van der Waals surface area contributed by atoms with Crippen LogP contribution in [0.1, 0.15) is 0 Å². The lowest BCUT2D eigenvalue weighted by molar-refractivity contribution is -0.122. The summed E-state index contributed by atoms with van der Waals surface area (Å²) in [5.74, 6) is 0.466. The molecule has 0 saturated heterocycles. The first-order chi connectivity index (χ1) is 18.8. The van der Waals surface area contributed by atoms with Crippen molar-refractivity contribution >= 4 is 40.9 Å². The van der Waals surface area contributed by atoms with Crippen molar-refractivity contribution in [1.82, 2.24) is 14.5 Å². The van der Waals surface area contributed by atoms with Crippen molar-refractivity contribution in [2.45, 2.75) is 31.9 Å². The van der Waals surface area contributed by atoms with Gasteiger partial charge in [-0.15, -0.1) is 0 Å². The van der Waals surface area contributed by atoms with E-state index in [1.54, 1.807) is 61.8 Å². The molecule has 0 aliphatic carbocycles.